The van der Waals surface area contributed by atoms with E-state index in [0.717, 1.165) is 16.7 Å². The van der Waals surface area contributed by atoms with Crippen LogP contribution in [0.25, 0.3) is 0 Å². The van der Waals surface area contributed by atoms with E-state index in [1.54, 1.807) is 7.11 Å². The van der Waals surface area contributed by atoms with Crippen molar-refractivity contribution in [2.24, 2.45) is 0 Å². The number of methoxy groups -OCH3 is 1. The smallest absolute Gasteiger partial charge is 0.286 e. The minimum absolute atomic E-state index is 0.00355. The Morgan fingerprint density at radius 1 is 1.12 bits per heavy atom. The highest BCUT2D eigenvalue weighted by atomic mass is 16.7. The van der Waals surface area contributed by atoms with E-state index < -0.39 is 6.29 Å². The number of aliphatic hydroxyl groups excluding tert-OH is 1. The maximum absolute atomic E-state index is 12.6. The molecule has 0 aliphatic carbocycles. The van der Waals surface area contributed by atoms with Gasteiger partial charge in [0.2, 0.25) is 13.1 Å². The summed E-state index contributed by atoms with van der Waals surface area (Å²) in [6.07, 6.45) is 1.76. The van der Waals surface area contributed by atoms with Crippen molar-refractivity contribution >= 4 is 5.91 Å². The monoisotopic (exact) mass is 441 g/mol. The lowest BCUT2D eigenvalue weighted by Gasteiger charge is -2.29. The van der Waals surface area contributed by atoms with Crippen LogP contribution in [0.5, 0.6) is 11.5 Å². The highest BCUT2D eigenvalue weighted by Crippen LogP contribution is 2.38. The lowest BCUT2D eigenvalue weighted by atomic mass is 9.92. The average molecular weight is 441 g/mol. The van der Waals surface area contributed by atoms with Gasteiger partial charge < -0.3 is 34.1 Å². The Bertz CT molecular complexity index is 957. The Kier molecular flexibility index (Phi) is 7.26. The van der Waals surface area contributed by atoms with Gasteiger partial charge in [-0.2, -0.15) is 0 Å². The van der Waals surface area contributed by atoms with Gasteiger partial charge in [-0.1, -0.05) is 30.3 Å². The zero-order valence-electron chi connectivity index (χ0n) is 17.9. The minimum atomic E-state index is -0.601. The molecule has 0 saturated carbocycles. The van der Waals surface area contributed by atoms with E-state index in [4.69, 9.17) is 23.7 Å². The molecule has 0 radical (unpaired) electrons. The summed E-state index contributed by atoms with van der Waals surface area (Å²) >= 11 is 0. The standard InChI is InChI=1S/C24H27NO7/c1-28-9-8-25-24(27)22-11-19(18-6-7-20-21(10-18)31-15-30-20)12-23(32-22)29-14-17-4-2-16(13-26)3-5-17/h2-7,10-11,19,23,26H,8-9,12-15H2,1H3,(H,25,27)/t19-,23+/m0/s1. The van der Waals surface area contributed by atoms with E-state index in [1.165, 1.54) is 0 Å². The Hall–Kier alpha value is -3.07. The van der Waals surface area contributed by atoms with Crippen LogP contribution in [0.3, 0.4) is 0 Å². The third-order valence-corrected chi connectivity index (χ3v) is 5.34. The number of benzene rings is 2. The number of carbonyl (C=O) groups excluding carboxylic acids is 1. The molecule has 2 atom stereocenters. The van der Waals surface area contributed by atoms with Crippen molar-refractivity contribution in [1.29, 1.82) is 0 Å². The van der Waals surface area contributed by atoms with Gasteiger partial charge in [0, 0.05) is 26.0 Å². The molecule has 0 aromatic heterocycles. The van der Waals surface area contributed by atoms with Gasteiger partial charge in [0.1, 0.15) is 0 Å². The number of hydrogen-bond donors (Lipinski definition) is 2. The summed E-state index contributed by atoms with van der Waals surface area (Å²) < 4.78 is 27.8. The molecule has 2 aromatic carbocycles. The maximum Gasteiger partial charge on any atom is 0.286 e. The molecule has 0 spiro atoms. The van der Waals surface area contributed by atoms with Crippen LogP contribution in [0, 0.1) is 0 Å². The molecule has 2 aromatic rings. The number of ether oxygens (including phenoxy) is 5. The number of aliphatic hydroxyl groups is 1. The molecule has 2 aliphatic rings. The van der Waals surface area contributed by atoms with E-state index in [9.17, 15) is 9.90 Å². The predicted octanol–water partition coefficient (Wildman–Crippen LogP) is 2.60. The van der Waals surface area contributed by atoms with Crippen LogP contribution in [0.15, 0.2) is 54.3 Å². The van der Waals surface area contributed by atoms with Gasteiger partial charge >= 0.3 is 0 Å². The fourth-order valence-corrected chi connectivity index (χ4v) is 3.58. The van der Waals surface area contributed by atoms with E-state index >= 15 is 0 Å². The van der Waals surface area contributed by atoms with Crippen LogP contribution in [-0.2, 0) is 32.2 Å². The van der Waals surface area contributed by atoms with E-state index in [-0.39, 0.29) is 31.0 Å². The number of rotatable bonds is 9. The molecule has 4 rings (SSSR count). The first-order valence-corrected chi connectivity index (χ1v) is 10.5. The number of carbonyl (C=O) groups is 1. The third-order valence-electron chi connectivity index (χ3n) is 5.34. The van der Waals surface area contributed by atoms with Crippen LogP contribution in [0.1, 0.15) is 29.0 Å². The Morgan fingerprint density at radius 3 is 2.69 bits per heavy atom. The third kappa shape index (κ3) is 5.40. The number of amides is 1. The second-order valence-electron chi connectivity index (χ2n) is 7.57. The topological polar surface area (TPSA) is 95.5 Å². The quantitative estimate of drug-likeness (QED) is 0.578. The van der Waals surface area contributed by atoms with E-state index in [0.29, 0.717) is 37.7 Å². The van der Waals surface area contributed by atoms with Crippen LogP contribution < -0.4 is 14.8 Å². The zero-order valence-corrected chi connectivity index (χ0v) is 17.9. The molecule has 8 nitrogen and oxygen atoms in total. The van der Waals surface area contributed by atoms with Gasteiger partial charge in [0.05, 0.1) is 19.8 Å². The summed E-state index contributed by atoms with van der Waals surface area (Å²) in [7, 11) is 1.58. The molecule has 32 heavy (non-hydrogen) atoms. The van der Waals surface area contributed by atoms with Crippen molar-refractivity contribution < 1.29 is 33.6 Å². The summed E-state index contributed by atoms with van der Waals surface area (Å²) in [5.74, 6) is 1.21. The normalized spacial score (nSPS) is 19.2. The van der Waals surface area contributed by atoms with Gasteiger partial charge in [-0.05, 0) is 34.9 Å². The second-order valence-corrected chi connectivity index (χ2v) is 7.57. The van der Waals surface area contributed by atoms with Crippen LogP contribution >= 0.6 is 0 Å². The van der Waals surface area contributed by atoms with Crippen molar-refractivity contribution in [3.63, 3.8) is 0 Å². The highest BCUT2D eigenvalue weighted by Gasteiger charge is 2.29. The Morgan fingerprint density at radius 2 is 1.91 bits per heavy atom. The number of fused-ring (bicyclic) bond motifs is 1. The van der Waals surface area contributed by atoms with E-state index in [2.05, 4.69) is 5.32 Å². The first-order valence-electron chi connectivity index (χ1n) is 10.5. The number of hydrogen-bond acceptors (Lipinski definition) is 7. The molecular formula is C24H27NO7. The van der Waals surface area contributed by atoms with Gasteiger partial charge in [-0.3, -0.25) is 4.79 Å². The van der Waals surface area contributed by atoms with Gasteiger partial charge in [0.15, 0.2) is 17.3 Å². The summed E-state index contributed by atoms with van der Waals surface area (Å²) in [5.41, 5.74) is 2.77. The van der Waals surface area contributed by atoms with Crippen molar-refractivity contribution in [3.8, 4) is 11.5 Å². The van der Waals surface area contributed by atoms with Crippen molar-refractivity contribution in [2.45, 2.75) is 31.8 Å². The van der Waals surface area contributed by atoms with Crippen LogP contribution in [-0.4, -0.2) is 44.4 Å². The molecular weight excluding hydrogens is 414 g/mol. The Labute approximate surface area is 186 Å². The molecule has 0 bridgehead atoms. The highest BCUT2D eigenvalue weighted by molar-refractivity contribution is 5.91. The van der Waals surface area contributed by atoms with Crippen LogP contribution in [0.4, 0.5) is 0 Å². The summed E-state index contributed by atoms with van der Waals surface area (Å²) in [4.78, 5) is 12.6. The van der Waals surface area contributed by atoms with Gasteiger partial charge in [0.25, 0.3) is 5.91 Å². The number of allylic oxidation sites excluding steroid dienone is 1. The largest absolute Gasteiger partial charge is 0.459 e. The first-order chi connectivity index (χ1) is 15.7. The fourth-order valence-electron chi connectivity index (χ4n) is 3.58. The molecule has 1 amide bonds. The average Bonchev–Trinajstić information content (AvgIpc) is 3.31. The summed E-state index contributed by atoms with van der Waals surface area (Å²) in [6, 6.07) is 13.3. The Balaban J connectivity index is 1.48. The van der Waals surface area contributed by atoms with Crippen LogP contribution in [0.2, 0.25) is 0 Å². The molecule has 8 heteroatoms. The number of nitrogens with one attached hydrogen (secondary N) is 1. The molecule has 2 heterocycles. The van der Waals surface area contributed by atoms with Gasteiger partial charge in [-0.25, -0.2) is 0 Å². The molecule has 2 aliphatic heterocycles. The minimum Gasteiger partial charge on any atom is -0.459 e. The molecule has 170 valence electrons. The molecule has 0 fully saturated rings. The van der Waals surface area contributed by atoms with Crippen molar-refractivity contribution in [2.75, 3.05) is 27.1 Å². The van der Waals surface area contributed by atoms with Crippen molar-refractivity contribution in [3.05, 3.63) is 71.0 Å². The van der Waals surface area contributed by atoms with E-state index in [1.807, 2.05) is 48.5 Å². The molecule has 0 saturated heterocycles. The lowest BCUT2D eigenvalue weighted by molar-refractivity contribution is -0.150. The maximum atomic E-state index is 12.6. The van der Waals surface area contributed by atoms with Crippen molar-refractivity contribution in [1.82, 2.24) is 5.32 Å². The molecule has 2 N–H and O–H groups in total. The first kappa shape index (κ1) is 22.1. The fraction of sp³-hybridized carbons (Fsp3) is 0.375. The summed E-state index contributed by atoms with van der Waals surface area (Å²) in [6.45, 7) is 1.32. The zero-order chi connectivity index (χ0) is 22.3. The SMILES string of the molecule is COCCNC(=O)C1=C[C@H](c2ccc3c(c2)OCO3)C[C@H](OCc2ccc(CO)cc2)O1. The second kappa shape index (κ2) is 10.5. The predicted molar refractivity (Wildman–Crippen MR) is 115 cm³/mol. The van der Waals surface area contributed by atoms with Gasteiger partial charge in [-0.15, -0.1) is 0 Å². The molecule has 0 unspecified atom stereocenters. The lowest BCUT2D eigenvalue weighted by Crippen LogP contribution is -2.34. The summed E-state index contributed by atoms with van der Waals surface area (Å²) in [5, 5.41) is 12.0.